The lowest BCUT2D eigenvalue weighted by molar-refractivity contribution is 0.0695. The Morgan fingerprint density at radius 1 is 1.50 bits per heavy atom. The molecule has 0 amide bonds. The van der Waals surface area contributed by atoms with E-state index in [1.54, 1.807) is 20.1 Å². The molecule has 0 aliphatic heterocycles. The summed E-state index contributed by atoms with van der Waals surface area (Å²) in [6.45, 7) is 5.98. The third-order valence-electron chi connectivity index (χ3n) is 2.43. The molecule has 0 aromatic carbocycles. The van der Waals surface area contributed by atoms with Crippen LogP contribution in [0.3, 0.4) is 0 Å². The third kappa shape index (κ3) is 3.66. The van der Waals surface area contributed by atoms with Crippen LogP contribution in [0.1, 0.15) is 26.0 Å². The Morgan fingerprint density at radius 2 is 2.19 bits per heavy atom. The van der Waals surface area contributed by atoms with Crippen molar-refractivity contribution in [2.45, 2.75) is 32.8 Å². The van der Waals surface area contributed by atoms with Crippen LogP contribution in [0.4, 0.5) is 5.95 Å². The van der Waals surface area contributed by atoms with E-state index in [4.69, 9.17) is 4.74 Å². The minimum atomic E-state index is -0.750. The van der Waals surface area contributed by atoms with Crippen LogP contribution in [0.2, 0.25) is 0 Å². The Bertz CT molecular complexity index is 353. The minimum absolute atomic E-state index is 0.413. The Labute approximate surface area is 95.9 Å². The number of anilines is 1. The maximum absolute atomic E-state index is 9.83. The van der Waals surface area contributed by atoms with Crippen molar-refractivity contribution in [3.8, 4) is 5.88 Å². The fourth-order valence-electron chi connectivity index (χ4n) is 1.12. The molecule has 0 saturated carbocycles. The van der Waals surface area contributed by atoms with Gasteiger partial charge in [-0.05, 0) is 20.3 Å². The number of aryl methyl sites for hydroxylation is 1. The van der Waals surface area contributed by atoms with Crippen molar-refractivity contribution in [2.24, 2.45) is 0 Å². The van der Waals surface area contributed by atoms with Gasteiger partial charge in [-0.3, -0.25) is 0 Å². The van der Waals surface area contributed by atoms with Gasteiger partial charge in [0.05, 0.1) is 12.7 Å². The van der Waals surface area contributed by atoms with Crippen molar-refractivity contribution >= 4 is 5.95 Å². The van der Waals surface area contributed by atoms with E-state index >= 15 is 0 Å². The van der Waals surface area contributed by atoms with Gasteiger partial charge in [0.2, 0.25) is 11.8 Å². The monoisotopic (exact) mass is 225 g/mol. The van der Waals surface area contributed by atoms with E-state index in [1.807, 2.05) is 13.8 Å². The summed E-state index contributed by atoms with van der Waals surface area (Å²) in [6, 6.07) is 1.75. The molecule has 90 valence electrons. The molecule has 0 radical (unpaired) electrons. The second-order valence-electron chi connectivity index (χ2n) is 4.08. The van der Waals surface area contributed by atoms with Crippen molar-refractivity contribution in [1.29, 1.82) is 0 Å². The van der Waals surface area contributed by atoms with Gasteiger partial charge in [0.15, 0.2) is 0 Å². The lowest BCUT2D eigenvalue weighted by atomic mass is 10.0. The van der Waals surface area contributed by atoms with Gasteiger partial charge in [0, 0.05) is 18.3 Å². The van der Waals surface area contributed by atoms with E-state index < -0.39 is 5.60 Å². The molecule has 0 fully saturated rings. The molecule has 2 N–H and O–H groups in total. The first-order chi connectivity index (χ1) is 7.46. The first-order valence-electron chi connectivity index (χ1n) is 5.33. The zero-order valence-electron chi connectivity index (χ0n) is 10.2. The number of rotatable bonds is 5. The van der Waals surface area contributed by atoms with E-state index in [0.717, 1.165) is 5.69 Å². The first-order valence-corrected chi connectivity index (χ1v) is 5.33. The molecule has 1 aromatic heterocycles. The lowest BCUT2D eigenvalue weighted by Crippen LogP contribution is -2.32. The van der Waals surface area contributed by atoms with Crippen LogP contribution in [-0.2, 0) is 0 Å². The summed E-state index contributed by atoms with van der Waals surface area (Å²) in [4.78, 5) is 8.34. The number of nitrogens with one attached hydrogen (secondary N) is 1. The van der Waals surface area contributed by atoms with Gasteiger partial charge in [-0.25, -0.2) is 4.98 Å². The number of methoxy groups -OCH3 is 1. The first kappa shape index (κ1) is 12.7. The van der Waals surface area contributed by atoms with Crippen LogP contribution in [0.15, 0.2) is 6.07 Å². The highest BCUT2D eigenvalue weighted by molar-refractivity contribution is 5.30. The van der Waals surface area contributed by atoms with Gasteiger partial charge in [-0.15, -0.1) is 0 Å². The van der Waals surface area contributed by atoms with Crippen molar-refractivity contribution < 1.29 is 9.84 Å². The molecular weight excluding hydrogens is 206 g/mol. The van der Waals surface area contributed by atoms with Crippen molar-refractivity contribution in [1.82, 2.24) is 9.97 Å². The van der Waals surface area contributed by atoms with E-state index in [0.29, 0.717) is 24.8 Å². The topological polar surface area (TPSA) is 67.3 Å². The van der Waals surface area contributed by atoms with Gasteiger partial charge >= 0.3 is 0 Å². The highest BCUT2D eigenvalue weighted by Gasteiger charge is 2.17. The van der Waals surface area contributed by atoms with Gasteiger partial charge in [-0.2, -0.15) is 4.98 Å². The Balaban J connectivity index is 2.70. The average Bonchev–Trinajstić information content (AvgIpc) is 2.26. The van der Waals surface area contributed by atoms with E-state index in [9.17, 15) is 5.11 Å². The number of hydrogen-bond acceptors (Lipinski definition) is 5. The second kappa shape index (κ2) is 5.12. The highest BCUT2D eigenvalue weighted by Crippen LogP contribution is 2.13. The molecule has 0 saturated heterocycles. The molecule has 0 spiro atoms. The zero-order valence-corrected chi connectivity index (χ0v) is 10.2. The van der Waals surface area contributed by atoms with Crippen LogP contribution in [0, 0.1) is 6.92 Å². The predicted octanol–water partition coefficient (Wildman–Crippen LogP) is 1.37. The summed E-state index contributed by atoms with van der Waals surface area (Å²) in [7, 11) is 1.56. The van der Waals surface area contributed by atoms with Gasteiger partial charge < -0.3 is 15.2 Å². The normalized spacial score (nSPS) is 14.3. The summed E-state index contributed by atoms with van der Waals surface area (Å²) < 4.78 is 5.04. The summed E-state index contributed by atoms with van der Waals surface area (Å²) in [5.74, 6) is 0.997. The molecule has 0 aliphatic rings. The smallest absolute Gasteiger partial charge is 0.226 e. The van der Waals surface area contributed by atoms with E-state index in [2.05, 4.69) is 15.3 Å². The molecular formula is C11H19N3O2. The molecule has 16 heavy (non-hydrogen) atoms. The molecule has 1 atom stereocenters. The minimum Gasteiger partial charge on any atom is -0.481 e. The van der Waals surface area contributed by atoms with Gasteiger partial charge in [-0.1, -0.05) is 6.92 Å². The molecule has 0 bridgehead atoms. The van der Waals surface area contributed by atoms with Crippen LogP contribution in [-0.4, -0.2) is 34.3 Å². The molecule has 5 heteroatoms. The highest BCUT2D eigenvalue weighted by atomic mass is 16.5. The largest absolute Gasteiger partial charge is 0.481 e. The summed E-state index contributed by atoms with van der Waals surface area (Å²) in [6.07, 6.45) is 0.670. The van der Waals surface area contributed by atoms with E-state index in [1.165, 1.54) is 0 Å². The SMILES string of the molecule is CCC(C)(O)CNc1nc(C)cc(OC)n1. The number of ether oxygens (including phenoxy) is 1. The molecule has 1 heterocycles. The quantitative estimate of drug-likeness (QED) is 0.792. The fourth-order valence-corrected chi connectivity index (χ4v) is 1.12. The summed E-state index contributed by atoms with van der Waals surface area (Å²) in [5, 5.41) is 12.8. The van der Waals surface area contributed by atoms with Crippen LogP contribution in [0.5, 0.6) is 5.88 Å². The Morgan fingerprint density at radius 3 is 2.75 bits per heavy atom. The molecule has 1 unspecified atom stereocenters. The van der Waals surface area contributed by atoms with E-state index in [-0.39, 0.29) is 0 Å². The number of nitrogens with zero attached hydrogens (tertiary/aromatic N) is 2. The van der Waals surface area contributed by atoms with Gasteiger partial charge in [0.1, 0.15) is 0 Å². The molecule has 0 aliphatic carbocycles. The summed E-state index contributed by atoms with van der Waals surface area (Å²) >= 11 is 0. The number of aromatic nitrogens is 2. The number of aliphatic hydroxyl groups is 1. The molecule has 5 nitrogen and oxygen atoms in total. The fraction of sp³-hybridized carbons (Fsp3) is 0.636. The summed E-state index contributed by atoms with van der Waals surface area (Å²) in [5.41, 5.74) is 0.0749. The second-order valence-corrected chi connectivity index (χ2v) is 4.08. The zero-order chi connectivity index (χ0) is 12.2. The Hall–Kier alpha value is -1.36. The third-order valence-corrected chi connectivity index (χ3v) is 2.43. The predicted molar refractivity (Wildman–Crippen MR) is 62.7 cm³/mol. The maximum Gasteiger partial charge on any atom is 0.226 e. The van der Waals surface area contributed by atoms with Crippen molar-refractivity contribution in [3.63, 3.8) is 0 Å². The van der Waals surface area contributed by atoms with Crippen LogP contribution >= 0.6 is 0 Å². The van der Waals surface area contributed by atoms with Crippen LogP contribution < -0.4 is 10.1 Å². The lowest BCUT2D eigenvalue weighted by Gasteiger charge is -2.21. The molecule has 1 aromatic rings. The van der Waals surface area contributed by atoms with Crippen molar-refractivity contribution in [2.75, 3.05) is 19.0 Å². The van der Waals surface area contributed by atoms with Crippen LogP contribution in [0.25, 0.3) is 0 Å². The maximum atomic E-state index is 9.83. The average molecular weight is 225 g/mol. The molecule has 1 rings (SSSR count). The van der Waals surface area contributed by atoms with Crippen molar-refractivity contribution in [3.05, 3.63) is 11.8 Å². The Kier molecular flexibility index (Phi) is 4.06. The standard InChI is InChI=1S/C11H19N3O2/c1-5-11(3,15)7-12-10-13-8(2)6-9(14-10)16-4/h6,15H,5,7H2,1-4H3,(H,12,13,14). The number of hydrogen-bond donors (Lipinski definition) is 2. The van der Waals surface area contributed by atoms with Gasteiger partial charge in [0.25, 0.3) is 0 Å².